The van der Waals surface area contributed by atoms with Gasteiger partial charge < -0.3 is 19.4 Å². The Labute approximate surface area is 190 Å². The van der Waals surface area contributed by atoms with Crippen LogP contribution in [0.1, 0.15) is 58.3 Å². The van der Waals surface area contributed by atoms with Gasteiger partial charge in [-0.05, 0) is 37.5 Å². The number of ether oxygens (including phenoxy) is 1. The van der Waals surface area contributed by atoms with E-state index in [9.17, 15) is 9.59 Å². The minimum Gasteiger partial charge on any atom is -0.497 e. The summed E-state index contributed by atoms with van der Waals surface area (Å²) in [5.74, 6) is 2.08. The van der Waals surface area contributed by atoms with E-state index in [0.29, 0.717) is 41.1 Å². The molecule has 1 fully saturated rings. The number of aryl methyl sites for hydroxylation is 1. The van der Waals surface area contributed by atoms with Gasteiger partial charge in [-0.15, -0.1) is 0 Å². The molecule has 2 amide bonds. The monoisotopic (exact) mass is 454 g/mol. The van der Waals surface area contributed by atoms with Crippen LogP contribution in [0, 0.1) is 6.92 Å². The minimum atomic E-state index is -0.204. The summed E-state index contributed by atoms with van der Waals surface area (Å²) in [6, 6.07) is 7.87. The van der Waals surface area contributed by atoms with Crippen molar-refractivity contribution < 1.29 is 18.7 Å². The Morgan fingerprint density at radius 3 is 2.81 bits per heavy atom. The Hall–Kier alpha value is -3.20. The number of hydrogen-bond acceptors (Lipinski definition) is 7. The van der Waals surface area contributed by atoms with Crippen LogP contribution in [-0.2, 0) is 11.2 Å². The zero-order valence-electron chi connectivity index (χ0n) is 18.4. The molecule has 32 heavy (non-hydrogen) atoms. The summed E-state index contributed by atoms with van der Waals surface area (Å²) in [7, 11) is 1.65. The average Bonchev–Trinajstić information content (AvgIpc) is 3.40. The first-order valence-corrected chi connectivity index (χ1v) is 11.4. The van der Waals surface area contributed by atoms with Gasteiger partial charge in [0.1, 0.15) is 16.4 Å². The highest BCUT2D eigenvalue weighted by atomic mass is 32.1. The summed E-state index contributed by atoms with van der Waals surface area (Å²) < 4.78 is 11.3. The number of carbonyl (C=O) groups is 2. The molecule has 0 unspecified atom stereocenters. The van der Waals surface area contributed by atoms with Crippen molar-refractivity contribution in [2.24, 2.45) is 0 Å². The van der Waals surface area contributed by atoms with Crippen LogP contribution in [0.5, 0.6) is 5.75 Å². The van der Waals surface area contributed by atoms with Gasteiger partial charge in [0, 0.05) is 26.4 Å². The van der Waals surface area contributed by atoms with Gasteiger partial charge in [-0.2, -0.15) is 0 Å². The topological polar surface area (TPSA) is 97.6 Å². The number of methoxy groups -OCH3 is 1. The molecule has 1 atom stereocenters. The summed E-state index contributed by atoms with van der Waals surface area (Å²) >= 11 is 1.21. The molecular weight excluding hydrogens is 428 g/mol. The van der Waals surface area contributed by atoms with Crippen molar-refractivity contribution in [1.29, 1.82) is 0 Å². The molecule has 9 heteroatoms. The van der Waals surface area contributed by atoms with Gasteiger partial charge in [0.15, 0.2) is 11.0 Å². The second-order valence-corrected chi connectivity index (χ2v) is 8.89. The quantitative estimate of drug-likeness (QED) is 0.604. The standard InChI is InChI=1S/C23H26N4O4S/c1-14-20(32-23(25-14)26-15(2)28)22(29)27-10-4-5-17(13-27)21-24-12-19(31-21)11-16-6-8-18(30-3)9-7-16/h6-9,12,17H,4-5,10-11,13H2,1-3H3,(H,25,26,28)/t17-/m1/s1. The van der Waals surface area contributed by atoms with E-state index < -0.39 is 0 Å². The van der Waals surface area contributed by atoms with Gasteiger partial charge in [-0.1, -0.05) is 23.5 Å². The van der Waals surface area contributed by atoms with E-state index in [1.165, 1.54) is 18.3 Å². The Bertz CT molecular complexity index is 1110. The Balaban J connectivity index is 1.42. The number of piperidine rings is 1. The maximum atomic E-state index is 13.1. The lowest BCUT2D eigenvalue weighted by Crippen LogP contribution is -2.39. The highest BCUT2D eigenvalue weighted by Gasteiger charge is 2.30. The van der Waals surface area contributed by atoms with Crippen molar-refractivity contribution in [3.8, 4) is 5.75 Å². The van der Waals surface area contributed by atoms with E-state index in [-0.39, 0.29) is 17.7 Å². The van der Waals surface area contributed by atoms with Gasteiger partial charge in [0.25, 0.3) is 5.91 Å². The second kappa shape index (κ2) is 9.52. The number of rotatable bonds is 6. The van der Waals surface area contributed by atoms with Crippen molar-refractivity contribution in [3.05, 3.63) is 58.2 Å². The predicted molar refractivity (Wildman–Crippen MR) is 121 cm³/mol. The van der Waals surface area contributed by atoms with Crippen LogP contribution in [0.3, 0.4) is 0 Å². The van der Waals surface area contributed by atoms with Crippen LogP contribution >= 0.6 is 11.3 Å². The van der Waals surface area contributed by atoms with Crippen molar-refractivity contribution in [2.75, 3.05) is 25.5 Å². The molecule has 0 spiro atoms. The van der Waals surface area contributed by atoms with Crippen LogP contribution in [0.15, 0.2) is 34.9 Å². The van der Waals surface area contributed by atoms with Crippen molar-refractivity contribution >= 4 is 28.3 Å². The number of nitrogens with one attached hydrogen (secondary N) is 1. The summed E-state index contributed by atoms with van der Waals surface area (Å²) in [6.45, 7) is 4.44. The van der Waals surface area contributed by atoms with E-state index in [1.807, 2.05) is 29.2 Å². The van der Waals surface area contributed by atoms with Crippen LogP contribution < -0.4 is 10.1 Å². The fraction of sp³-hybridized carbons (Fsp3) is 0.391. The first-order valence-electron chi connectivity index (χ1n) is 10.5. The molecule has 0 aliphatic carbocycles. The first kappa shape index (κ1) is 22.0. The van der Waals surface area contributed by atoms with Gasteiger partial charge in [-0.25, -0.2) is 9.97 Å². The first-order chi connectivity index (χ1) is 15.4. The largest absolute Gasteiger partial charge is 0.497 e. The maximum absolute atomic E-state index is 13.1. The van der Waals surface area contributed by atoms with Gasteiger partial charge in [-0.3, -0.25) is 9.59 Å². The summed E-state index contributed by atoms with van der Waals surface area (Å²) in [5, 5.41) is 3.10. The lowest BCUT2D eigenvalue weighted by Gasteiger charge is -2.31. The average molecular weight is 455 g/mol. The SMILES string of the molecule is COc1ccc(Cc2cnc([C@@H]3CCCN(C(=O)c4sc(NC(C)=O)nc4C)C3)o2)cc1. The molecule has 168 valence electrons. The molecule has 3 heterocycles. The molecule has 1 saturated heterocycles. The molecule has 0 saturated carbocycles. The zero-order chi connectivity index (χ0) is 22.7. The highest BCUT2D eigenvalue weighted by Crippen LogP contribution is 2.30. The van der Waals surface area contributed by atoms with E-state index >= 15 is 0 Å². The fourth-order valence-corrected chi connectivity index (χ4v) is 4.82. The van der Waals surface area contributed by atoms with Crippen LogP contribution in [-0.4, -0.2) is 46.9 Å². The van der Waals surface area contributed by atoms with E-state index in [0.717, 1.165) is 29.9 Å². The normalized spacial score (nSPS) is 16.1. The number of nitrogens with zero attached hydrogens (tertiary/aromatic N) is 3. The van der Waals surface area contributed by atoms with Crippen LogP contribution in [0.2, 0.25) is 0 Å². The van der Waals surface area contributed by atoms with Crippen molar-refractivity contribution in [1.82, 2.24) is 14.9 Å². The smallest absolute Gasteiger partial charge is 0.265 e. The van der Waals surface area contributed by atoms with Gasteiger partial charge in [0.05, 0.1) is 24.9 Å². The lowest BCUT2D eigenvalue weighted by atomic mass is 9.98. The summed E-state index contributed by atoms with van der Waals surface area (Å²) in [6.07, 6.45) is 4.22. The van der Waals surface area contributed by atoms with Crippen molar-refractivity contribution in [2.45, 2.75) is 39.0 Å². The molecule has 3 aromatic rings. The fourth-order valence-electron chi connectivity index (χ4n) is 3.84. The third-order valence-electron chi connectivity index (χ3n) is 5.44. The maximum Gasteiger partial charge on any atom is 0.265 e. The van der Waals surface area contributed by atoms with Gasteiger partial charge >= 0.3 is 0 Å². The lowest BCUT2D eigenvalue weighted by molar-refractivity contribution is -0.114. The number of aromatic nitrogens is 2. The number of hydrogen-bond donors (Lipinski definition) is 1. The number of anilines is 1. The number of benzene rings is 1. The van der Waals surface area contributed by atoms with Gasteiger partial charge in [0.2, 0.25) is 5.91 Å². The summed E-state index contributed by atoms with van der Waals surface area (Å²) in [5.41, 5.74) is 1.74. The molecule has 1 N–H and O–H groups in total. The zero-order valence-corrected chi connectivity index (χ0v) is 19.2. The Morgan fingerprint density at radius 2 is 2.09 bits per heavy atom. The predicted octanol–water partition coefficient (Wildman–Crippen LogP) is 4.02. The number of amides is 2. The molecule has 0 bridgehead atoms. The Morgan fingerprint density at radius 1 is 1.31 bits per heavy atom. The molecule has 2 aromatic heterocycles. The van der Waals surface area contributed by atoms with Crippen molar-refractivity contribution in [3.63, 3.8) is 0 Å². The molecule has 4 rings (SSSR count). The Kier molecular flexibility index (Phi) is 6.55. The third kappa shape index (κ3) is 4.99. The molecule has 0 radical (unpaired) electrons. The van der Waals surface area contributed by atoms with Crippen LogP contribution in [0.4, 0.5) is 5.13 Å². The third-order valence-corrected chi connectivity index (χ3v) is 6.50. The second-order valence-electron chi connectivity index (χ2n) is 7.89. The molecular formula is C23H26N4O4S. The summed E-state index contributed by atoms with van der Waals surface area (Å²) in [4.78, 5) is 35.6. The highest BCUT2D eigenvalue weighted by molar-refractivity contribution is 7.17. The number of likely N-dealkylation sites (tertiary alicyclic amines) is 1. The molecule has 8 nitrogen and oxygen atoms in total. The number of carbonyl (C=O) groups excluding carboxylic acids is 2. The van der Waals surface area contributed by atoms with E-state index in [4.69, 9.17) is 9.15 Å². The van der Waals surface area contributed by atoms with Crippen LogP contribution in [0.25, 0.3) is 0 Å². The van der Waals surface area contributed by atoms with E-state index in [2.05, 4.69) is 15.3 Å². The number of thiazole rings is 1. The minimum absolute atomic E-state index is 0.0559. The van der Waals surface area contributed by atoms with E-state index in [1.54, 1.807) is 20.2 Å². The number of oxazole rings is 1. The molecule has 1 aliphatic heterocycles. The molecule has 1 aromatic carbocycles. The molecule has 1 aliphatic rings.